The number of carbonyl (C=O) groups excluding carboxylic acids is 4. The molecule has 0 bridgehead atoms. The van der Waals surface area contributed by atoms with Crippen molar-refractivity contribution in [2.24, 2.45) is 11.8 Å². The highest BCUT2D eigenvalue weighted by Crippen LogP contribution is 2.45. The third kappa shape index (κ3) is 81.9. The van der Waals surface area contributed by atoms with Crippen molar-refractivity contribution in [2.45, 2.75) is 490 Å². The molecule has 0 heterocycles. The first-order valence-corrected chi connectivity index (χ1v) is 48.5. The van der Waals surface area contributed by atoms with E-state index in [-0.39, 0.29) is 25.7 Å². The average molecular weight is 1560 g/mol. The van der Waals surface area contributed by atoms with Crippen LogP contribution in [-0.2, 0) is 65.4 Å². The minimum absolute atomic E-state index is 0.108. The molecule has 107 heavy (non-hydrogen) atoms. The fraction of sp³-hybridized carbons (Fsp3) is 0.955. The minimum Gasteiger partial charge on any atom is -0.462 e. The summed E-state index contributed by atoms with van der Waals surface area (Å²) >= 11 is 0. The van der Waals surface area contributed by atoms with Gasteiger partial charge in [-0.3, -0.25) is 37.3 Å². The zero-order valence-electron chi connectivity index (χ0n) is 70.5. The number of hydrogen-bond donors (Lipinski definition) is 3. The summed E-state index contributed by atoms with van der Waals surface area (Å²) in [4.78, 5) is 73.2. The molecule has 0 saturated carbocycles. The van der Waals surface area contributed by atoms with Crippen molar-refractivity contribution in [3.05, 3.63) is 0 Å². The van der Waals surface area contributed by atoms with Gasteiger partial charge in [-0.25, -0.2) is 9.13 Å². The molecule has 2 unspecified atom stereocenters. The number of unbranched alkanes of at least 4 members (excludes halogenated alkanes) is 57. The average Bonchev–Trinajstić information content (AvgIpc) is 0.900. The molecule has 0 aromatic heterocycles. The molecule has 0 amide bonds. The quantitative estimate of drug-likeness (QED) is 0.0222. The van der Waals surface area contributed by atoms with Crippen LogP contribution in [-0.4, -0.2) is 96.7 Å². The van der Waals surface area contributed by atoms with Crippen molar-refractivity contribution in [2.75, 3.05) is 39.6 Å². The Morgan fingerprint density at radius 2 is 0.430 bits per heavy atom. The van der Waals surface area contributed by atoms with Crippen LogP contribution >= 0.6 is 15.6 Å². The number of hydrogen-bond acceptors (Lipinski definition) is 15. The van der Waals surface area contributed by atoms with E-state index < -0.39 is 97.5 Å². The normalized spacial score (nSPS) is 13.8. The predicted molar refractivity (Wildman–Crippen MR) is 442 cm³/mol. The fourth-order valence-electron chi connectivity index (χ4n) is 13.8. The largest absolute Gasteiger partial charge is 0.472 e. The Labute approximate surface area is 658 Å². The molecule has 0 spiro atoms. The first-order chi connectivity index (χ1) is 51.9. The van der Waals surface area contributed by atoms with E-state index in [2.05, 4.69) is 41.5 Å². The predicted octanol–water partition coefficient (Wildman–Crippen LogP) is 27.0. The zero-order chi connectivity index (χ0) is 78.5. The Bertz CT molecular complexity index is 2050. The Morgan fingerprint density at radius 1 is 0.252 bits per heavy atom. The van der Waals surface area contributed by atoms with Gasteiger partial charge in [0.05, 0.1) is 26.4 Å². The maximum atomic E-state index is 13.2. The van der Waals surface area contributed by atoms with E-state index in [1.807, 2.05) is 0 Å². The summed E-state index contributed by atoms with van der Waals surface area (Å²) in [6.07, 6.45) is 72.4. The standard InChI is InChI=1S/C88H172O17P2/c1-7-9-11-13-15-17-18-19-20-21-22-23-24-28-31-37-42-47-53-59-65-71-86(91)99-77-84(105-88(93)72-66-60-54-48-43-38-32-29-26-25-27-30-35-40-45-50-56-62-68-80(3)4)79-103-107(96,97)101-75-82(89)74-100-106(94,95)102-78-83(76-98-85(90)70-64-58-52-16-14-12-10-8-2)104-87(92)73-67-61-55-49-44-39-34-33-36-41-46-51-57-63-69-81(5)6/h80-84,89H,7-79H2,1-6H3,(H,94,95)(H,96,97)/t82-,83+,84+/m0/s1. The van der Waals surface area contributed by atoms with Crippen LogP contribution in [0.5, 0.6) is 0 Å². The molecule has 0 aliphatic rings. The van der Waals surface area contributed by atoms with Crippen molar-refractivity contribution in [3.63, 3.8) is 0 Å². The summed E-state index contributed by atoms with van der Waals surface area (Å²) in [6.45, 7) is 9.71. The second-order valence-corrected chi connectivity index (χ2v) is 35.5. The number of aliphatic hydroxyl groups excluding tert-OH is 1. The van der Waals surface area contributed by atoms with Gasteiger partial charge in [-0.1, -0.05) is 420 Å². The van der Waals surface area contributed by atoms with Crippen LogP contribution in [0.25, 0.3) is 0 Å². The van der Waals surface area contributed by atoms with Crippen molar-refractivity contribution >= 4 is 39.5 Å². The van der Waals surface area contributed by atoms with E-state index >= 15 is 0 Å². The van der Waals surface area contributed by atoms with Crippen molar-refractivity contribution in [1.82, 2.24) is 0 Å². The van der Waals surface area contributed by atoms with E-state index in [9.17, 15) is 43.2 Å². The number of rotatable bonds is 87. The molecule has 0 rings (SSSR count). The van der Waals surface area contributed by atoms with Gasteiger partial charge in [0, 0.05) is 25.7 Å². The van der Waals surface area contributed by atoms with Crippen molar-refractivity contribution in [3.8, 4) is 0 Å². The molecule has 0 fully saturated rings. The van der Waals surface area contributed by atoms with E-state index in [1.165, 1.54) is 283 Å². The molecule has 0 aliphatic carbocycles. The molecule has 0 aromatic carbocycles. The smallest absolute Gasteiger partial charge is 0.462 e. The highest BCUT2D eigenvalue weighted by atomic mass is 31.2. The molecule has 0 radical (unpaired) electrons. The van der Waals surface area contributed by atoms with Gasteiger partial charge in [-0.2, -0.15) is 0 Å². The zero-order valence-corrected chi connectivity index (χ0v) is 72.2. The highest BCUT2D eigenvalue weighted by molar-refractivity contribution is 7.47. The Kier molecular flexibility index (Phi) is 77.9. The number of aliphatic hydroxyl groups is 1. The van der Waals surface area contributed by atoms with E-state index in [0.717, 1.165) is 108 Å². The van der Waals surface area contributed by atoms with E-state index in [4.69, 9.17) is 37.0 Å². The van der Waals surface area contributed by atoms with Crippen LogP contribution in [0.4, 0.5) is 0 Å². The lowest BCUT2D eigenvalue weighted by molar-refractivity contribution is -0.161. The molecule has 5 atom stereocenters. The molecule has 0 aliphatic heterocycles. The molecular weight excluding hydrogens is 1390 g/mol. The Hall–Kier alpha value is -1.94. The summed E-state index contributed by atoms with van der Waals surface area (Å²) in [5.74, 6) is -0.487. The third-order valence-electron chi connectivity index (χ3n) is 20.7. The topological polar surface area (TPSA) is 237 Å². The van der Waals surface area contributed by atoms with Gasteiger partial charge in [0.25, 0.3) is 0 Å². The van der Waals surface area contributed by atoms with Crippen molar-refractivity contribution < 1.29 is 80.2 Å². The molecule has 19 heteroatoms. The monoisotopic (exact) mass is 1560 g/mol. The van der Waals surface area contributed by atoms with Gasteiger partial charge in [0.1, 0.15) is 19.3 Å². The second-order valence-electron chi connectivity index (χ2n) is 32.6. The summed E-state index contributed by atoms with van der Waals surface area (Å²) in [7, 11) is -9.93. The maximum Gasteiger partial charge on any atom is 0.472 e. The lowest BCUT2D eigenvalue weighted by atomic mass is 10.0. The van der Waals surface area contributed by atoms with E-state index in [1.54, 1.807) is 0 Å². The molecule has 3 N–H and O–H groups in total. The van der Waals surface area contributed by atoms with Gasteiger partial charge in [-0.15, -0.1) is 0 Å². The summed E-state index contributed by atoms with van der Waals surface area (Å²) in [5.41, 5.74) is 0. The van der Waals surface area contributed by atoms with Crippen LogP contribution in [0.1, 0.15) is 472 Å². The van der Waals surface area contributed by atoms with Crippen LogP contribution in [0, 0.1) is 11.8 Å². The van der Waals surface area contributed by atoms with Crippen LogP contribution in [0.3, 0.4) is 0 Å². The number of phosphoric acid groups is 2. The number of ether oxygens (including phenoxy) is 4. The van der Waals surface area contributed by atoms with Gasteiger partial charge >= 0.3 is 39.5 Å². The van der Waals surface area contributed by atoms with Gasteiger partial charge < -0.3 is 33.8 Å². The number of carbonyl (C=O) groups is 4. The van der Waals surface area contributed by atoms with Crippen LogP contribution < -0.4 is 0 Å². The summed E-state index contributed by atoms with van der Waals surface area (Å²) in [6, 6.07) is 0. The minimum atomic E-state index is -4.97. The second kappa shape index (κ2) is 79.3. The van der Waals surface area contributed by atoms with Crippen LogP contribution in [0.15, 0.2) is 0 Å². The molecule has 636 valence electrons. The first kappa shape index (κ1) is 105. The number of esters is 4. The van der Waals surface area contributed by atoms with Crippen LogP contribution in [0.2, 0.25) is 0 Å². The first-order valence-electron chi connectivity index (χ1n) is 45.5. The molecule has 0 saturated heterocycles. The lowest BCUT2D eigenvalue weighted by Crippen LogP contribution is -2.30. The summed E-state index contributed by atoms with van der Waals surface area (Å²) < 4.78 is 68.9. The fourth-order valence-corrected chi connectivity index (χ4v) is 15.4. The van der Waals surface area contributed by atoms with E-state index in [0.29, 0.717) is 25.7 Å². The van der Waals surface area contributed by atoms with Gasteiger partial charge in [-0.05, 0) is 37.5 Å². The third-order valence-corrected chi connectivity index (χ3v) is 22.6. The number of phosphoric ester groups is 2. The SMILES string of the molecule is CCCCCCCCCCCCCCCCCCCCCCCC(=O)OC[C@H](COP(=O)(O)OC[C@@H](O)COP(=O)(O)OC[C@@H](COC(=O)CCCCCCCCCC)OC(=O)CCCCCCCCCCCCCCCCC(C)C)OC(=O)CCCCCCCCCCCCCCCCCCCCC(C)C. The van der Waals surface area contributed by atoms with Gasteiger partial charge in [0.2, 0.25) is 0 Å². The lowest BCUT2D eigenvalue weighted by Gasteiger charge is -2.21. The molecule has 17 nitrogen and oxygen atoms in total. The molecular formula is C88H172O17P2. The Balaban J connectivity index is 5.18. The van der Waals surface area contributed by atoms with Gasteiger partial charge in [0.15, 0.2) is 12.2 Å². The maximum absolute atomic E-state index is 13.2. The Morgan fingerprint density at radius 3 is 0.636 bits per heavy atom. The van der Waals surface area contributed by atoms with Crippen molar-refractivity contribution in [1.29, 1.82) is 0 Å². The highest BCUT2D eigenvalue weighted by Gasteiger charge is 2.30. The molecule has 0 aromatic rings. The summed E-state index contributed by atoms with van der Waals surface area (Å²) in [5, 5.41) is 10.7.